The summed E-state index contributed by atoms with van der Waals surface area (Å²) < 4.78 is 0. The van der Waals surface area contributed by atoms with Crippen molar-refractivity contribution in [3.05, 3.63) is 21.9 Å². The number of likely N-dealkylation sites (tertiary alicyclic amines) is 1. The number of aliphatic hydroxyl groups is 1. The van der Waals surface area contributed by atoms with E-state index in [1.54, 1.807) is 0 Å². The van der Waals surface area contributed by atoms with E-state index in [4.69, 9.17) is 5.11 Å². The summed E-state index contributed by atoms with van der Waals surface area (Å²) in [6.45, 7) is 3.85. The number of thiophene rings is 1. The van der Waals surface area contributed by atoms with Gasteiger partial charge in [0.05, 0.1) is 6.61 Å². The summed E-state index contributed by atoms with van der Waals surface area (Å²) in [7, 11) is 0. The normalized spacial score (nSPS) is 26.2. The fraction of sp³-hybridized carbons (Fsp3) is 0.625. The van der Waals surface area contributed by atoms with Crippen molar-refractivity contribution in [3.63, 3.8) is 0 Å². The molecule has 1 aliphatic carbocycles. The van der Waals surface area contributed by atoms with Gasteiger partial charge in [-0.25, -0.2) is 0 Å². The minimum Gasteiger partial charge on any atom is -0.395 e. The Hall–Kier alpha value is -0.820. The second kappa shape index (κ2) is 6.09. The third-order valence-electron chi connectivity index (χ3n) is 4.30. The first-order chi connectivity index (χ1) is 9.35. The van der Waals surface area contributed by atoms with Crippen LogP contribution in [0.25, 0.3) is 0 Å². The minimum absolute atomic E-state index is 0.153. The minimum atomic E-state index is 0.153. The Bertz CT molecular complexity index is 472. The summed E-state index contributed by atoms with van der Waals surface area (Å²) in [5, 5.41) is 10.8. The predicted octanol–water partition coefficient (Wildman–Crippen LogP) is 2.71. The topological polar surface area (TPSA) is 23.5 Å². The summed E-state index contributed by atoms with van der Waals surface area (Å²) in [5.74, 6) is 8.05. The van der Waals surface area contributed by atoms with Gasteiger partial charge in [0.15, 0.2) is 0 Å². The molecule has 3 heteroatoms. The third-order valence-corrected chi connectivity index (χ3v) is 5.23. The summed E-state index contributed by atoms with van der Waals surface area (Å²) >= 11 is 1.82. The summed E-state index contributed by atoms with van der Waals surface area (Å²) in [5.41, 5.74) is 1.10. The number of aliphatic hydroxyl groups excluding tert-OH is 1. The first kappa shape index (κ1) is 13.2. The lowest BCUT2D eigenvalue weighted by Crippen LogP contribution is -2.20. The Morgan fingerprint density at radius 1 is 1.32 bits per heavy atom. The summed E-state index contributed by atoms with van der Waals surface area (Å²) in [4.78, 5) is 4.04. The van der Waals surface area contributed by atoms with E-state index in [-0.39, 0.29) is 6.61 Å². The molecule has 19 heavy (non-hydrogen) atoms. The highest BCUT2D eigenvalue weighted by Crippen LogP contribution is 2.38. The second-order valence-corrected chi connectivity index (χ2v) is 6.72. The molecule has 1 aromatic heterocycles. The van der Waals surface area contributed by atoms with Crippen LogP contribution >= 0.6 is 11.3 Å². The molecule has 2 nitrogen and oxygen atoms in total. The first-order valence-electron chi connectivity index (χ1n) is 7.24. The molecule has 0 spiro atoms. The number of hydrogen-bond donors (Lipinski definition) is 1. The van der Waals surface area contributed by atoms with Gasteiger partial charge in [-0.15, -0.1) is 11.3 Å². The fourth-order valence-corrected chi connectivity index (χ4v) is 4.29. The van der Waals surface area contributed by atoms with E-state index >= 15 is 0 Å². The highest BCUT2D eigenvalue weighted by atomic mass is 32.1. The molecular weight excluding hydrogens is 254 g/mol. The van der Waals surface area contributed by atoms with Crippen molar-refractivity contribution in [1.29, 1.82) is 0 Å². The van der Waals surface area contributed by atoms with Crippen molar-refractivity contribution in [1.82, 2.24) is 4.90 Å². The number of nitrogens with zero attached hydrogens (tertiary/aromatic N) is 1. The molecule has 1 aliphatic heterocycles. The van der Waals surface area contributed by atoms with Crippen LogP contribution in [0.1, 0.15) is 36.1 Å². The molecule has 1 saturated carbocycles. The molecule has 0 radical (unpaired) electrons. The summed E-state index contributed by atoms with van der Waals surface area (Å²) in [6.07, 6.45) is 4.92. The van der Waals surface area contributed by atoms with Crippen molar-refractivity contribution >= 4 is 11.3 Å². The second-order valence-electron chi connectivity index (χ2n) is 5.72. The molecule has 0 aromatic carbocycles. The van der Waals surface area contributed by atoms with Gasteiger partial charge in [-0.2, -0.15) is 0 Å². The molecule has 2 aliphatic rings. The highest BCUT2D eigenvalue weighted by Gasteiger charge is 2.35. The quantitative estimate of drug-likeness (QED) is 0.857. The van der Waals surface area contributed by atoms with Gasteiger partial charge in [-0.05, 0) is 30.7 Å². The maximum Gasteiger partial charge on any atom is 0.0540 e. The van der Waals surface area contributed by atoms with Crippen LogP contribution in [0, 0.1) is 23.7 Å². The monoisotopic (exact) mass is 275 g/mol. The zero-order valence-electron chi connectivity index (χ0n) is 11.3. The van der Waals surface area contributed by atoms with Gasteiger partial charge >= 0.3 is 0 Å². The first-order valence-corrected chi connectivity index (χ1v) is 8.12. The van der Waals surface area contributed by atoms with Gasteiger partial charge in [0.2, 0.25) is 0 Å². The molecule has 2 atom stereocenters. The highest BCUT2D eigenvalue weighted by molar-refractivity contribution is 7.10. The van der Waals surface area contributed by atoms with Crippen LogP contribution in [0.5, 0.6) is 0 Å². The van der Waals surface area contributed by atoms with E-state index < -0.39 is 0 Å². The molecule has 0 amide bonds. The largest absolute Gasteiger partial charge is 0.395 e. The average molecular weight is 275 g/mol. The average Bonchev–Trinajstić information content (AvgIpc) is 3.06. The SMILES string of the molecule is OCCC#Cc1csc(CN2CC3CCCC3C2)c1. The Balaban J connectivity index is 1.55. The van der Waals surface area contributed by atoms with Crippen LogP contribution in [0.3, 0.4) is 0 Å². The van der Waals surface area contributed by atoms with Crippen molar-refractivity contribution in [2.24, 2.45) is 11.8 Å². The zero-order valence-corrected chi connectivity index (χ0v) is 12.1. The van der Waals surface area contributed by atoms with E-state index in [1.807, 2.05) is 11.3 Å². The van der Waals surface area contributed by atoms with Crippen molar-refractivity contribution in [2.45, 2.75) is 32.2 Å². The zero-order chi connectivity index (χ0) is 13.1. The number of fused-ring (bicyclic) bond motifs is 1. The molecular formula is C16H21NOS. The van der Waals surface area contributed by atoms with E-state index in [2.05, 4.69) is 28.2 Å². The molecule has 1 saturated heterocycles. The predicted molar refractivity (Wildman–Crippen MR) is 79.0 cm³/mol. The Kier molecular flexibility index (Phi) is 4.22. The van der Waals surface area contributed by atoms with Crippen molar-refractivity contribution in [3.8, 4) is 11.8 Å². The summed E-state index contributed by atoms with van der Waals surface area (Å²) in [6, 6.07) is 2.21. The van der Waals surface area contributed by atoms with Crippen LogP contribution in [-0.2, 0) is 6.54 Å². The van der Waals surface area contributed by atoms with Gasteiger partial charge in [0.25, 0.3) is 0 Å². The fourth-order valence-electron chi connectivity index (χ4n) is 3.43. The van der Waals surface area contributed by atoms with Crippen molar-refractivity contribution < 1.29 is 5.11 Å². The molecule has 1 N–H and O–H groups in total. The molecule has 1 aromatic rings. The third kappa shape index (κ3) is 3.20. The lowest BCUT2D eigenvalue weighted by atomic mass is 10.0. The molecule has 0 bridgehead atoms. The maximum absolute atomic E-state index is 8.71. The van der Waals surface area contributed by atoms with E-state index in [1.165, 1.54) is 37.2 Å². The smallest absolute Gasteiger partial charge is 0.0540 e. The van der Waals surface area contributed by atoms with Gasteiger partial charge in [0, 0.05) is 41.9 Å². The van der Waals surface area contributed by atoms with E-state index in [9.17, 15) is 0 Å². The van der Waals surface area contributed by atoms with Crippen LogP contribution in [0.4, 0.5) is 0 Å². The molecule has 3 rings (SSSR count). The van der Waals surface area contributed by atoms with Crippen LogP contribution in [0.2, 0.25) is 0 Å². The Morgan fingerprint density at radius 3 is 2.84 bits per heavy atom. The Labute approximate surface area is 119 Å². The number of rotatable bonds is 3. The lowest BCUT2D eigenvalue weighted by molar-refractivity contribution is 0.305. The van der Waals surface area contributed by atoms with Gasteiger partial charge in [-0.1, -0.05) is 18.3 Å². The molecule has 2 unspecified atom stereocenters. The van der Waals surface area contributed by atoms with E-state index in [0.29, 0.717) is 6.42 Å². The van der Waals surface area contributed by atoms with Crippen molar-refractivity contribution in [2.75, 3.05) is 19.7 Å². The van der Waals surface area contributed by atoms with Gasteiger partial charge in [0.1, 0.15) is 0 Å². The lowest BCUT2D eigenvalue weighted by Gasteiger charge is -2.15. The van der Waals surface area contributed by atoms with Crippen LogP contribution in [-0.4, -0.2) is 29.7 Å². The molecule has 2 fully saturated rings. The Morgan fingerprint density at radius 2 is 2.11 bits per heavy atom. The van der Waals surface area contributed by atoms with E-state index in [0.717, 1.165) is 23.9 Å². The van der Waals surface area contributed by atoms with Gasteiger partial charge < -0.3 is 5.11 Å². The van der Waals surface area contributed by atoms with Crippen LogP contribution < -0.4 is 0 Å². The molecule has 102 valence electrons. The number of hydrogen-bond acceptors (Lipinski definition) is 3. The standard InChI is InChI=1S/C16H21NOS/c18-7-2-1-4-13-8-16(19-12-13)11-17-9-14-5-3-6-15(14)10-17/h8,12,14-15,18H,2-3,5-7,9-11H2. The van der Waals surface area contributed by atoms with Gasteiger partial charge in [-0.3, -0.25) is 4.90 Å². The molecule has 2 heterocycles. The van der Waals surface area contributed by atoms with Crippen LogP contribution in [0.15, 0.2) is 11.4 Å². The maximum atomic E-state index is 8.71.